The molecule has 0 spiro atoms. The second-order valence-corrected chi connectivity index (χ2v) is 8.72. The number of anilines is 1. The van der Waals surface area contributed by atoms with Gasteiger partial charge in [0.25, 0.3) is 11.8 Å². The summed E-state index contributed by atoms with van der Waals surface area (Å²) in [5, 5.41) is 3.19. The molecule has 2 aromatic rings. The fourth-order valence-electron chi connectivity index (χ4n) is 3.28. The number of carbonyl (C=O) groups excluding carboxylic acids is 2. The van der Waals surface area contributed by atoms with Crippen molar-refractivity contribution in [1.82, 2.24) is 15.2 Å². The predicted octanol–water partition coefficient (Wildman–Crippen LogP) is 4.21. The van der Waals surface area contributed by atoms with E-state index in [1.165, 1.54) is 12.1 Å². The van der Waals surface area contributed by atoms with Crippen LogP contribution < -0.4 is 10.2 Å². The average molecular weight is 447 g/mol. The van der Waals surface area contributed by atoms with Crippen molar-refractivity contribution < 1.29 is 14.0 Å². The van der Waals surface area contributed by atoms with Crippen LogP contribution in [-0.4, -0.2) is 48.0 Å². The number of nitrogens with zero attached hydrogens (tertiary/aromatic N) is 3. The van der Waals surface area contributed by atoms with Gasteiger partial charge in [0.2, 0.25) is 0 Å². The molecule has 8 heteroatoms. The zero-order chi connectivity index (χ0) is 22.5. The summed E-state index contributed by atoms with van der Waals surface area (Å²) in [4.78, 5) is 33.1. The molecule has 6 nitrogen and oxygen atoms in total. The van der Waals surface area contributed by atoms with E-state index < -0.39 is 5.82 Å². The van der Waals surface area contributed by atoms with Gasteiger partial charge in [0.05, 0.1) is 17.8 Å². The van der Waals surface area contributed by atoms with Crippen LogP contribution in [0.4, 0.5) is 10.2 Å². The first kappa shape index (κ1) is 23.0. The maximum absolute atomic E-state index is 14.2. The molecule has 1 unspecified atom stereocenters. The van der Waals surface area contributed by atoms with Gasteiger partial charge in [0.1, 0.15) is 11.6 Å². The Kier molecular flexibility index (Phi) is 7.49. The van der Waals surface area contributed by atoms with Gasteiger partial charge in [-0.2, -0.15) is 0 Å². The van der Waals surface area contributed by atoms with E-state index in [9.17, 15) is 14.0 Å². The van der Waals surface area contributed by atoms with E-state index in [1.54, 1.807) is 23.2 Å². The third-order valence-electron chi connectivity index (χ3n) is 5.70. The first-order valence-electron chi connectivity index (χ1n) is 10.5. The van der Waals surface area contributed by atoms with Gasteiger partial charge in [-0.1, -0.05) is 32.4 Å². The summed E-state index contributed by atoms with van der Waals surface area (Å²) in [6.45, 7) is 8.52. The Bertz CT molecular complexity index is 936. The summed E-state index contributed by atoms with van der Waals surface area (Å²) in [5.74, 6) is 0.385. The van der Waals surface area contributed by atoms with Crippen LogP contribution in [0.3, 0.4) is 0 Å². The molecule has 1 atom stereocenters. The molecular formula is C23H28ClFN4O2. The number of amides is 2. The quantitative estimate of drug-likeness (QED) is 0.722. The van der Waals surface area contributed by atoms with E-state index in [0.717, 1.165) is 19.0 Å². The molecule has 0 bridgehead atoms. The van der Waals surface area contributed by atoms with Crippen molar-refractivity contribution in [2.75, 3.05) is 31.2 Å². The Morgan fingerprint density at radius 3 is 2.61 bits per heavy atom. The number of carbonyl (C=O) groups is 2. The minimum absolute atomic E-state index is 0.00172. The summed E-state index contributed by atoms with van der Waals surface area (Å²) in [7, 11) is 0. The highest BCUT2D eigenvalue weighted by Crippen LogP contribution is 2.21. The molecule has 1 aliphatic heterocycles. The maximum atomic E-state index is 14.2. The van der Waals surface area contributed by atoms with Crippen molar-refractivity contribution in [2.45, 2.75) is 27.2 Å². The smallest absolute Gasteiger partial charge is 0.258 e. The van der Waals surface area contributed by atoms with E-state index in [-0.39, 0.29) is 22.4 Å². The highest BCUT2D eigenvalue weighted by molar-refractivity contribution is 6.30. The summed E-state index contributed by atoms with van der Waals surface area (Å²) in [6.07, 6.45) is 2.28. The van der Waals surface area contributed by atoms with E-state index in [0.29, 0.717) is 43.0 Å². The molecule has 166 valence electrons. The lowest BCUT2D eigenvalue weighted by molar-refractivity contribution is 0.0728. The molecule has 2 amide bonds. The molecule has 1 aliphatic rings. The second-order valence-electron chi connectivity index (χ2n) is 8.29. The number of hydrogen-bond donors (Lipinski definition) is 1. The van der Waals surface area contributed by atoms with Crippen molar-refractivity contribution in [1.29, 1.82) is 0 Å². The van der Waals surface area contributed by atoms with Crippen molar-refractivity contribution in [3.8, 4) is 0 Å². The van der Waals surface area contributed by atoms with Gasteiger partial charge in [-0.05, 0) is 48.6 Å². The number of aromatic nitrogens is 1. The summed E-state index contributed by atoms with van der Waals surface area (Å²) in [6, 6.07) is 7.57. The fourth-order valence-corrected chi connectivity index (χ4v) is 3.44. The van der Waals surface area contributed by atoms with Gasteiger partial charge in [0, 0.05) is 30.9 Å². The van der Waals surface area contributed by atoms with Crippen molar-refractivity contribution >= 4 is 29.2 Å². The third-order valence-corrected chi connectivity index (χ3v) is 5.94. The number of rotatable bonds is 6. The van der Waals surface area contributed by atoms with Crippen LogP contribution in [0.2, 0.25) is 5.02 Å². The summed E-state index contributed by atoms with van der Waals surface area (Å²) in [5.41, 5.74) is 0.495. The van der Waals surface area contributed by atoms with Gasteiger partial charge in [-0.3, -0.25) is 9.59 Å². The molecule has 31 heavy (non-hydrogen) atoms. The minimum atomic E-state index is -0.630. The van der Waals surface area contributed by atoms with Gasteiger partial charge in [-0.25, -0.2) is 9.37 Å². The lowest BCUT2D eigenvalue weighted by Gasteiger charge is -2.36. The molecule has 0 radical (unpaired) electrons. The zero-order valence-corrected chi connectivity index (χ0v) is 18.8. The predicted molar refractivity (Wildman–Crippen MR) is 120 cm³/mol. The van der Waals surface area contributed by atoms with Crippen LogP contribution in [0.25, 0.3) is 0 Å². The topological polar surface area (TPSA) is 65.5 Å². The lowest BCUT2D eigenvalue weighted by atomic mass is 9.98. The Hall–Kier alpha value is -2.67. The highest BCUT2D eigenvalue weighted by atomic mass is 35.5. The number of nitrogens with one attached hydrogen (secondary N) is 1. The molecule has 0 aliphatic carbocycles. The molecule has 1 aromatic heterocycles. The standard InChI is InChI=1S/C23H28ClFN4O2/c1-15(2)16(3)12-27-22(30)17-5-8-21(26-13-17)28-9-4-10-29(14-28)23(31)19-7-6-18(24)11-20(19)25/h5-8,11,13,15-16H,4,9-10,12,14H2,1-3H3,(H,27,30). The largest absolute Gasteiger partial charge is 0.352 e. The SMILES string of the molecule is CC(C)C(C)CNC(=O)c1ccc(N2CCCN(C(=O)c3ccc(Cl)cc3F)C2)nc1. The number of benzene rings is 1. The van der Waals surface area contributed by atoms with E-state index in [1.807, 2.05) is 4.90 Å². The van der Waals surface area contributed by atoms with Crippen LogP contribution in [-0.2, 0) is 0 Å². The van der Waals surface area contributed by atoms with Crippen LogP contribution >= 0.6 is 11.6 Å². The average Bonchev–Trinajstić information content (AvgIpc) is 2.77. The zero-order valence-electron chi connectivity index (χ0n) is 18.1. The number of pyridine rings is 1. The van der Waals surface area contributed by atoms with Crippen LogP contribution in [0, 0.1) is 17.7 Å². The van der Waals surface area contributed by atoms with Crippen LogP contribution in [0.15, 0.2) is 36.5 Å². The third kappa shape index (κ3) is 5.73. The normalized spacial score (nSPS) is 15.2. The van der Waals surface area contributed by atoms with E-state index in [2.05, 4.69) is 31.1 Å². The second kappa shape index (κ2) is 10.1. The van der Waals surface area contributed by atoms with Gasteiger partial charge in [0.15, 0.2) is 0 Å². The molecule has 1 saturated heterocycles. The first-order chi connectivity index (χ1) is 14.8. The minimum Gasteiger partial charge on any atom is -0.352 e. The van der Waals surface area contributed by atoms with E-state index >= 15 is 0 Å². The molecule has 2 heterocycles. The first-order valence-corrected chi connectivity index (χ1v) is 10.9. The molecule has 1 aromatic carbocycles. The van der Waals surface area contributed by atoms with Gasteiger partial charge < -0.3 is 15.1 Å². The molecule has 1 fully saturated rings. The fraction of sp³-hybridized carbons (Fsp3) is 0.435. The van der Waals surface area contributed by atoms with E-state index in [4.69, 9.17) is 11.6 Å². The van der Waals surface area contributed by atoms with Crippen molar-refractivity contribution in [2.24, 2.45) is 11.8 Å². The van der Waals surface area contributed by atoms with Crippen molar-refractivity contribution in [3.05, 3.63) is 58.5 Å². The number of halogens is 2. The monoisotopic (exact) mass is 446 g/mol. The highest BCUT2D eigenvalue weighted by Gasteiger charge is 2.25. The maximum Gasteiger partial charge on any atom is 0.258 e. The van der Waals surface area contributed by atoms with Gasteiger partial charge >= 0.3 is 0 Å². The Labute approximate surface area is 187 Å². The summed E-state index contributed by atoms with van der Waals surface area (Å²) < 4.78 is 14.2. The van der Waals surface area contributed by atoms with Crippen molar-refractivity contribution in [3.63, 3.8) is 0 Å². The lowest BCUT2D eigenvalue weighted by Crippen LogP contribution is -2.48. The number of hydrogen-bond acceptors (Lipinski definition) is 4. The van der Waals surface area contributed by atoms with Crippen LogP contribution in [0.5, 0.6) is 0 Å². The molecular weight excluding hydrogens is 419 g/mol. The summed E-state index contributed by atoms with van der Waals surface area (Å²) >= 11 is 5.78. The van der Waals surface area contributed by atoms with Crippen LogP contribution in [0.1, 0.15) is 47.9 Å². The molecule has 3 rings (SSSR count). The Balaban J connectivity index is 1.63. The Morgan fingerprint density at radius 2 is 1.97 bits per heavy atom. The Morgan fingerprint density at radius 1 is 1.19 bits per heavy atom. The van der Waals surface area contributed by atoms with Gasteiger partial charge in [-0.15, -0.1) is 0 Å². The molecule has 1 N–H and O–H groups in total. The molecule has 0 saturated carbocycles.